The van der Waals surface area contributed by atoms with Gasteiger partial charge in [0.25, 0.3) is 5.91 Å². The predicted octanol–water partition coefficient (Wildman–Crippen LogP) is 3.69. The smallest absolute Gasteiger partial charge is 0.255 e. The molecule has 1 fully saturated rings. The summed E-state index contributed by atoms with van der Waals surface area (Å²) in [4.78, 5) is 26.2. The molecule has 8 nitrogen and oxygen atoms in total. The summed E-state index contributed by atoms with van der Waals surface area (Å²) in [7, 11) is 0. The standard InChI is InChI=1S/C22H23ClN6O2/c23-16-12-10-15(11-13-16)22(31)25-19-9-5-4-8-18(19)21-26-28-29(27-21)14-20(30)24-17-6-2-1-3-7-17/h4-5,8-13,17H,1-3,6-7,14H2,(H,24,30)(H,25,31). The summed E-state index contributed by atoms with van der Waals surface area (Å²) in [5.74, 6) is -0.0685. The highest BCUT2D eigenvalue weighted by atomic mass is 35.5. The van der Waals surface area contributed by atoms with E-state index >= 15 is 0 Å². The van der Waals surface area contributed by atoms with Crippen LogP contribution in [0.4, 0.5) is 5.69 Å². The minimum atomic E-state index is -0.275. The van der Waals surface area contributed by atoms with Crippen molar-refractivity contribution < 1.29 is 9.59 Å². The van der Waals surface area contributed by atoms with E-state index in [2.05, 4.69) is 26.0 Å². The maximum Gasteiger partial charge on any atom is 0.255 e. The van der Waals surface area contributed by atoms with Crippen LogP contribution in [0.3, 0.4) is 0 Å². The number of carbonyl (C=O) groups excluding carboxylic acids is 2. The maximum atomic E-state index is 12.6. The fraction of sp³-hybridized carbons (Fsp3) is 0.318. The van der Waals surface area contributed by atoms with Crippen molar-refractivity contribution in [2.45, 2.75) is 44.7 Å². The van der Waals surface area contributed by atoms with Crippen LogP contribution >= 0.6 is 11.6 Å². The number of amides is 2. The van der Waals surface area contributed by atoms with Gasteiger partial charge >= 0.3 is 0 Å². The zero-order valence-electron chi connectivity index (χ0n) is 16.9. The number of hydrogen-bond acceptors (Lipinski definition) is 5. The van der Waals surface area contributed by atoms with Crippen LogP contribution in [-0.4, -0.2) is 38.1 Å². The average molecular weight is 439 g/mol. The molecular formula is C22H23ClN6O2. The summed E-state index contributed by atoms with van der Waals surface area (Å²) in [5, 5.41) is 18.9. The van der Waals surface area contributed by atoms with Gasteiger partial charge in [0.1, 0.15) is 6.54 Å². The van der Waals surface area contributed by atoms with E-state index < -0.39 is 0 Å². The summed E-state index contributed by atoms with van der Waals surface area (Å²) in [6, 6.07) is 14.0. The Balaban J connectivity index is 1.44. The number of benzene rings is 2. The molecule has 160 valence electrons. The first-order chi connectivity index (χ1) is 15.1. The van der Waals surface area contributed by atoms with Crippen LogP contribution in [0.1, 0.15) is 42.5 Å². The summed E-state index contributed by atoms with van der Waals surface area (Å²) in [6.45, 7) is 0.00278. The van der Waals surface area contributed by atoms with Gasteiger partial charge in [-0.05, 0) is 54.5 Å². The highest BCUT2D eigenvalue weighted by molar-refractivity contribution is 6.30. The van der Waals surface area contributed by atoms with E-state index in [0.717, 1.165) is 25.7 Å². The third kappa shape index (κ3) is 5.46. The Hall–Kier alpha value is -3.26. The minimum absolute atomic E-state index is 0.00278. The highest BCUT2D eigenvalue weighted by Gasteiger charge is 2.18. The largest absolute Gasteiger partial charge is 0.352 e. The minimum Gasteiger partial charge on any atom is -0.352 e. The molecule has 4 rings (SSSR count). The summed E-state index contributed by atoms with van der Waals surface area (Å²) in [5.41, 5.74) is 1.65. The molecule has 0 spiro atoms. The molecule has 0 atom stereocenters. The topological polar surface area (TPSA) is 102 Å². The van der Waals surface area contributed by atoms with Crippen LogP contribution in [0, 0.1) is 0 Å². The molecule has 0 unspecified atom stereocenters. The lowest BCUT2D eigenvalue weighted by molar-refractivity contribution is -0.123. The number of aromatic nitrogens is 4. The predicted molar refractivity (Wildman–Crippen MR) is 118 cm³/mol. The van der Waals surface area contributed by atoms with E-state index in [-0.39, 0.29) is 24.4 Å². The number of carbonyl (C=O) groups is 2. The molecule has 3 aromatic rings. The van der Waals surface area contributed by atoms with Crippen LogP contribution in [0.2, 0.25) is 5.02 Å². The van der Waals surface area contributed by atoms with Crippen LogP contribution in [0.25, 0.3) is 11.4 Å². The molecule has 1 saturated carbocycles. The van der Waals surface area contributed by atoms with Gasteiger partial charge in [0.2, 0.25) is 11.7 Å². The Morgan fingerprint density at radius 2 is 1.77 bits per heavy atom. The number of para-hydroxylation sites is 1. The molecule has 31 heavy (non-hydrogen) atoms. The van der Waals surface area contributed by atoms with Crippen molar-refractivity contribution >= 4 is 29.1 Å². The van der Waals surface area contributed by atoms with Crippen molar-refractivity contribution in [3.8, 4) is 11.4 Å². The van der Waals surface area contributed by atoms with E-state index in [0.29, 0.717) is 27.7 Å². The lowest BCUT2D eigenvalue weighted by Crippen LogP contribution is -2.38. The summed E-state index contributed by atoms with van der Waals surface area (Å²) >= 11 is 5.89. The highest BCUT2D eigenvalue weighted by Crippen LogP contribution is 2.25. The Morgan fingerprint density at radius 1 is 1.03 bits per heavy atom. The molecule has 0 saturated heterocycles. The molecular weight excluding hydrogens is 416 g/mol. The number of rotatable bonds is 6. The lowest BCUT2D eigenvalue weighted by Gasteiger charge is -2.22. The molecule has 1 aliphatic rings. The van der Waals surface area contributed by atoms with Gasteiger partial charge < -0.3 is 10.6 Å². The van der Waals surface area contributed by atoms with Gasteiger partial charge in [-0.2, -0.15) is 4.80 Å². The third-order valence-corrected chi connectivity index (χ3v) is 5.48. The van der Waals surface area contributed by atoms with Crippen LogP contribution < -0.4 is 10.6 Å². The second-order valence-corrected chi connectivity index (χ2v) is 7.99. The van der Waals surface area contributed by atoms with Gasteiger partial charge in [-0.3, -0.25) is 9.59 Å². The number of anilines is 1. The monoisotopic (exact) mass is 438 g/mol. The Bertz CT molecular complexity index is 1060. The van der Waals surface area contributed by atoms with Gasteiger partial charge in [0.15, 0.2) is 0 Å². The van der Waals surface area contributed by atoms with Crippen molar-refractivity contribution in [3.05, 3.63) is 59.1 Å². The molecule has 0 radical (unpaired) electrons. The van der Waals surface area contributed by atoms with E-state index in [1.54, 1.807) is 36.4 Å². The molecule has 1 aliphatic carbocycles. The van der Waals surface area contributed by atoms with Crippen LogP contribution in [0.15, 0.2) is 48.5 Å². The quantitative estimate of drug-likeness (QED) is 0.611. The number of tetrazole rings is 1. The lowest BCUT2D eigenvalue weighted by atomic mass is 9.95. The first-order valence-corrected chi connectivity index (χ1v) is 10.7. The first kappa shape index (κ1) is 21.0. The van der Waals surface area contributed by atoms with Gasteiger partial charge in [-0.25, -0.2) is 0 Å². The number of hydrogen-bond donors (Lipinski definition) is 2. The van der Waals surface area contributed by atoms with Crippen LogP contribution in [-0.2, 0) is 11.3 Å². The zero-order valence-corrected chi connectivity index (χ0v) is 17.7. The molecule has 1 aromatic heterocycles. The van der Waals surface area contributed by atoms with Gasteiger partial charge in [0, 0.05) is 22.2 Å². The summed E-state index contributed by atoms with van der Waals surface area (Å²) < 4.78 is 0. The van der Waals surface area contributed by atoms with E-state index in [1.165, 1.54) is 11.2 Å². The number of nitrogens with zero attached hydrogens (tertiary/aromatic N) is 4. The molecule has 2 N–H and O–H groups in total. The molecule has 0 aliphatic heterocycles. The van der Waals surface area contributed by atoms with Crippen molar-refractivity contribution in [3.63, 3.8) is 0 Å². The Kier molecular flexibility index (Phi) is 6.57. The second kappa shape index (κ2) is 9.70. The molecule has 1 heterocycles. The van der Waals surface area contributed by atoms with Crippen molar-refractivity contribution in [2.75, 3.05) is 5.32 Å². The Morgan fingerprint density at radius 3 is 2.55 bits per heavy atom. The van der Waals surface area contributed by atoms with Crippen molar-refractivity contribution in [1.82, 2.24) is 25.5 Å². The fourth-order valence-electron chi connectivity index (χ4n) is 3.65. The van der Waals surface area contributed by atoms with Gasteiger partial charge in [0.05, 0.1) is 5.69 Å². The average Bonchev–Trinajstić information content (AvgIpc) is 3.23. The number of nitrogens with one attached hydrogen (secondary N) is 2. The molecule has 0 bridgehead atoms. The molecule has 9 heteroatoms. The van der Waals surface area contributed by atoms with Crippen molar-refractivity contribution in [1.29, 1.82) is 0 Å². The number of halogens is 1. The zero-order chi connectivity index (χ0) is 21.6. The Labute approximate surface area is 185 Å². The van der Waals surface area contributed by atoms with Crippen LogP contribution in [0.5, 0.6) is 0 Å². The van der Waals surface area contributed by atoms with E-state index in [1.807, 2.05) is 12.1 Å². The van der Waals surface area contributed by atoms with Crippen molar-refractivity contribution in [2.24, 2.45) is 0 Å². The fourth-order valence-corrected chi connectivity index (χ4v) is 3.78. The SMILES string of the molecule is O=C(Cn1nnc(-c2ccccc2NC(=O)c2ccc(Cl)cc2)n1)NC1CCCCC1. The van der Waals surface area contributed by atoms with E-state index in [9.17, 15) is 9.59 Å². The van der Waals surface area contributed by atoms with Gasteiger partial charge in [-0.1, -0.05) is 43.0 Å². The second-order valence-electron chi connectivity index (χ2n) is 7.55. The normalized spacial score (nSPS) is 14.2. The summed E-state index contributed by atoms with van der Waals surface area (Å²) in [6.07, 6.45) is 5.56. The first-order valence-electron chi connectivity index (χ1n) is 10.3. The molecule has 2 amide bonds. The van der Waals surface area contributed by atoms with E-state index in [4.69, 9.17) is 11.6 Å². The van der Waals surface area contributed by atoms with Gasteiger partial charge in [-0.15, -0.1) is 10.2 Å². The third-order valence-electron chi connectivity index (χ3n) is 5.23. The molecule has 2 aromatic carbocycles. The maximum absolute atomic E-state index is 12.6.